The first-order chi connectivity index (χ1) is 10.2. The van der Waals surface area contributed by atoms with Crippen molar-refractivity contribution in [2.24, 2.45) is 5.92 Å². The Morgan fingerprint density at radius 2 is 2.14 bits per heavy atom. The van der Waals surface area contributed by atoms with Crippen LogP contribution >= 0.6 is 0 Å². The second-order valence-corrected chi connectivity index (χ2v) is 5.17. The van der Waals surface area contributed by atoms with Crippen LogP contribution in [0.5, 0.6) is 0 Å². The predicted molar refractivity (Wildman–Crippen MR) is 82.2 cm³/mol. The molecule has 1 heterocycles. The molecule has 1 amide bonds. The van der Waals surface area contributed by atoms with Crippen molar-refractivity contribution in [1.29, 1.82) is 0 Å². The fourth-order valence-electron chi connectivity index (χ4n) is 2.16. The Balaban J connectivity index is 1.83. The molecule has 0 fully saturated rings. The Labute approximate surface area is 124 Å². The van der Waals surface area contributed by atoms with E-state index in [1.54, 1.807) is 18.2 Å². The Morgan fingerprint density at radius 3 is 2.90 bits per heavy atom. The van der Waals surface area contributed by atoms with Gasteiger partial charge in [0.25, 0.3) is 0 Å². The molecule has 21 heavy (non-hydrogen) atoms. The number of benzene rings is 1. The van der Waals surface area contributed by atoms with Crippen LogP contribution in [0.4, 0.5) is 10.5 Å². The summed E-state index contributed by atoms with van der Waals surface area (Å²) in [7, 11) is 0. The van der Waals surface area contributed by atoms with Gasteiger partial charge in [-0.2, -0.15) is 15.4 Å². The molecule has 1 aromatic carbocycles. The third-order valence-corrected chi connectivity index (χ3v) is 3.56. The van der Waals surface area contributed by atoms with Crippen molar-refractivity contribution >= 4 is 22.8 Å². The molecule has 0 radical (unpaired) electrons. The van der Waals surface area contributed by atoms with Gasteiger partial charge in [-0.3, -0.25) is 5.32 Å². The van der Waals surface area contributed by atoms with Crippen LogP contribution < -0.4 is 5.32 Å². The number of amides is 1. The molecular weight excluding hydrogens is 268 g/mol. The highest BCUT2D eigenvalue weighted by Gasteiger charge is 2.10. The first kappa shape index (κ1) is 15.3. The van der Waals surface area contributed by atoms with Gasteiger partial charge in [0.1, 0.15) is 11.0 Å². The minimum Gasteiger partial charge on any atom is -0.449 e. The lowest BCUT2D eigenvalue weighted by molar-refractivity contribution is 0.136. The molecule has 6 nitrogen and oxygen atoms in total. The van der Waals surface area contributed by atoms with Crippen molar-refractivity contribution in [3.05, 3.63) is 18.2 Å². The highest BCUT2D eigenvalue weighted by Crippen LogP contribution is 2.16. The Morgan fingerprint density at radius 1 is 1.33 bits per heavy atom. The van der Waals surface area contributed by atoms with E-state index in [1.165, 1.54) is 12.8 Å². The van der Waals surface area contributed by atoms with E-state index in [2.05, 4.69) is 34.6 Å². The number of anilines is 1. The maximum Gasteiger partial charge on any atom is 0.411 e. The largest absolute Gasteiger partial charge is 0.449 e. The van der Waals surface area contributed by atoms with E-state index in [0.29, 0.717) is 23.7 Å². The monoisotopic (exact) mass is 290 g/mol. The van der Waals surface area contributed by atoms with Crippen LogP contribution in [0.3, 0.4) is 0 Å². The van der Waals surface area contributed by atoms with Crippen molar-refractivity contribution in [2.75, 3.05) is 11.9 Å². The molecule has 0 aliphatic heterocycles. The molecule has 0 saturated heterocycles. The van der Waals surface area contributed by atoms with E-state index < -0.39 is 6.09 Å². The van der Waals surface area contributed by atoms with Gasteiger partial charge < -0.3 is 4.74 Å². The van der Waals surface area contributed by atoms with Gasteiger partial charge in [-0.25, -0.2) is 4.79 Å². The summed E-state index contributed by atoms with van der Waals surface area (Å²) in [4.78, 5) is 11.8. The Bertz CT molecular complexity index is 582. The molecule has 2 N–H and O–H groups in total. The van der Waals surface area contributed by atoms with E-state index >= 15 is 0 Å². The number of aromatic nitrogens is 3. The molecule has 0 bridgehead atoms. The van der Waals surface area contributed by atoms with Crippen molar-refractivity contribution in [3.63, 3.8) is 0 Å². The molecule has 0 aliphatic rings. The van der Waals surface area contributed by atoms with Crippen LogP contribution in [-0.2, 0) is 4.74 Å². The third-order valence-electron chi connectivity index (χ3n) is 3.56. The molecule has 0 aliphatic carbocycles. The van der Waals surface area contributed by atoms with Gasteiger partial charge >= 0.3 is 6.09 Å². The summed E-state index contributed by atoms with van der Waals surface area (Å²) in [6.45, 7) is 4.76. The zero-order valence-corrected chi connectivity index (χ0v) is 12.6. The molecule has 0 spiro atoms. The summed E-state index contributed by atoms with van der Waals surface area (Å²) in [6, 6.07) is 5.33. The van der Waals surface area contributed by atoms with E-state index in [0.717, 1.165) is 18.4 Å². The number of ether oxygens (including phenoxy) is 1. The number of rotatable bonds is 7. The van der Waals surface area contributed by atoms with Crippen LogP contribution in [0.2, 0.25) is 0 Å². The number of H-pyrrole nitrogens is 1. The quantitative estimate of drug-likeness (QED) is 0.814. The van der Waals surface area contributed by atoms with Crippen LogP contribution in [0.25, 0.3) is 11.0 Å². The zero-order chi connectivity index (χ0) is 15.1. The zero-order valence-electron chi connectivity index (χ0n) is 12.6. The summed E-state index contributed by atoms with van der Waals surface area (Å²) in [5.74, 6) is 0.439. The van der Waals surface area contributed by atoms with Crippen molar-refractivity contribution in [1.82, 2.24) is 15.4 Å². The molecule has 1 atom stereocenters. The lowest BCUT2D eigenvalue weighted by Crippen LogP contribution is -2.18. The number of fused-ring (bicyclic) bond motifs is 1. The Kier molecular flexibility index (Phi) is 5.54. The predicted octanol–water partition coefficient (Wildman–Crippen LogP) is 3.72. The molecular formula is C15H22N4O2. The van der Waals surface area contributed by atoms with Crippen LogP contribution in [0, 0.1) is 5.92 Å². The lowest BCUT2D eigenvalue weighted by atomic mass is 10.0. The molecule has 2 aromatic rings. The number of carbonyl (C=O) groups excluding carboxylic acids is 1. The topological polar surface area (TPSA) is 79.9 Å². The minimum atomic E-state index is -0.423. The second kappa shape index (κ2) is 7.61. The highest BCUT2D eigenvalue weighted by atomic mass is 16.5. The SMILES string of the molecule is CCCCC(CC)COC(=O)Nc1ccc2n[nH]nc2c1. The van der Waals surface area contributed by atoms with Gasteiger partial charge in [-0.1, -0.05) is 33.1 Å². The second-order valence-electron chi connectivity index (χ2n) is 5.17. The maximum absolute atomic E-state index is 11.8. The molecule has 1 aromatic heterocycles. The molecule has 2 rings (SSSR count). The average molecular weight is 290 g/mol. The summed E-state index contributed by atoms with van der Waals surface area (Å²) in [6.07, 6.45) is 4.04. The number of hydrogen-bond donors (Lipinski definition) is 2. The van der Waals surface area contributed by atoms with Gasteiger partial charge in [0.2, 0.25) is 0 Å². The smallest absolute Gasteiger partial charge is 0.411 e. The molecule has 1 unspecified atom stereocenters. The van der Waals surface area contributed by atoms with Crippen LogP contribution in [0.1, 0.15) is 39.5 Å². The number of aromatic amines is 1. The van der Waals surface area contributed by atoms with Gasteiger partial charge in [0, 0.05) is 5.69 Å². The summed E-state index contributed by atoms with van der Waals surface area (Å²) >= 11 is 0. The van der Waals surface area contributed by atoms with Gasteiger partial charge in [-0.15, -0.1) is 0 Å². The summed E-state index contributed by atoms with van der Waals surface area (Å²) in [5, 5.41) is 13.2. The summed E-state index contributed by atoms with van der Waals surface area (Å²) < 4.78 is 5.30. The fraction of sp³-hybridized carbons (Fsp3) is 0.533. The third kappa shape index (κ3) is 4.44. The fourth-order valence-corrected chi connectivity index (χ4v) is 2.16. The first-order valence-corrected chi connectivity index (χ1v) is 7.47. The maximum atomic E-state index is 11.8. The molecule has 6 heteroatoms. The lowest BCUT2D eigenvalue weighted by Gasteiger charge is -2.14. The van der Waals surface area contributed by atoms with Crippen LogP contribution in [0.15, 0.2) is 18.2 Å². The molecule has 114 valence electrons. The van der Waals surface area contributed by atoms with Crippen molar-refractivity contribution < 1.29 is 9.53 Å². The van der Waals surface area contributed by atoms with Crippen molar-refractivity contribution in [3.8, 4) is 0 Å². The number of nitrogens with zero attached hydrogens (tertiary/aromatic N) is 2. The number of unbranched alkanes of at least 4 members (excludes halogenated alkanes) is 1. The van der Waals surface area contributed by atoms with Crippen LogP contribution in [-0.4, -0.2) is 28.1 Å². The van der Waals surface area contributed by atoms with Gasteiger partial charge in [-0.05, 0) is 30.5 Å². The van der Waals surface area contributed by atoms with E-state index in [-0.39, 0.29) is 0 Å². The number of nitrogens with one attached hydrogen (secondary N) is 2. The normalized spacial score (nSPS) is 12.3. The Hall–Kier alpha value is -2.11. The highest BCUT2D eigenvalue weighted by molar-refractivity contribution is 5.88. The van der Waals surface area contributed by atoms with Crippen molar-refractivity contribution in [2.45, 2.75) is 39.5 Å². The van der Waals surface area contributed by atoms with E-state index in [1.807, 2.05) is 0 Å². The van der Waals surface area contributed by atoms with E-state index in [9.17, 15) is 4.79 Å². The molecule has 0 saturated carbocycles. The average Bonchev–Trinajstić information content (AvgIpc) is 2.95. The first-order valence-electron chi connectivity index (χ1n) is 7.47. The minimum absolute atomic E-state index is 0.423. The number of hydrogen-bond acceptors (Lipinski definition) is 4. The number of carbonyl (C=O) groups is 1. The van der Waals surface area contributed by atoms with Gasteiger partial charge in [0.05, 0.1) is 6.61 Å². The van der Waals surface area contributed by atoms with E-state index in [4.69, 9.17) is 4.74 Å². The standard InChI is InChI=1S/C15H22N4O2/c1-3-5-6-11(4-2)10-21-15(20)16-12-7-8-13-14(9-12)18-19-17-13/h7-9,11H,3-6,10H2,1-2H3,(H,16,20)(H,17,18,19). The summed E-state index contributed by atoms with van der Waals surface area (Å²) in [5.41, 5.74) is 2.13. The van der Waals surface area contributed by atoms with Gasteiger partial charge in [0.15, 0.2) is 0 Å².